The molecule has 0 heterocycles. The zero-order valence-electron chi connectivity index (χ0n) is 38.2. The average molecular weight is 844 g/mol. The van der Waals surface area contributed by atoms with Crippen LogP contribution in [0.1, 0.15) is 155 Å². The van der Waals surface area contributed by atoms with Crippen molar-refractivity contribution in [2.45, 2.75) is 161 Å². The third kappa shape index (κ3) is 46.3. The van der Waals surface area contributed by atoms with Gasteiger partial charge >= 0.3 is 5.97 Å². The summed E-state index contributed by atoms with van der Waals surface area (Å²) in [6, 6.07) is 0. The van der Waals surface area contributed by atoms with Gasteiger partial charge in [-0.2, -0.15) is 0 Å². The standard InChI is InChI=1S/C50H86NO7P/c1-6-8-10-12-14-16-18-19-20-21-22-23-24-25-26-27-28-29-30-31-32-34-36-38-40-42-45-55-47-49(48-57-59(53,54)56-46-44-51(3,4)5)58-50(52)43-41-39-37-35-33-17-15-13-11-9-7-2/h8,10,13-16,19-20,22-23,25-26,28-29,31-32,49H,6-7,9,11-12,17-18,21,24,27,30,33-48H2,1-5H3/b10-8-,15-13-,16-14-,20-19-,23-22-,26-25-,29-28-,32-31-. The Hall–Kier alpha value is -2.58. The normalized spacial score (nSPS) is 14.6. The number of quaternary nitrogens is 1. The van der Waals surface area contributed by atoms with Crippen LogP contribution in [0.4, 0.5) is 0 Å². The molecule has 0 saturated heterocycles. The van der Waals surface area contributed by atoms with Gasteiger partial charge in [0.05, 0.1) is 34.4 Å². The van der Waals surface area contributed by atoms with E-state index in [0.717, 1.165) is 116 Å². The van der Waals surface area contributed by atoms with E-state index in [-0.39, 0.29) is 32.2 Å². The molecular weight excluding hydrogens is 758 g/mol. The van der Waals surface area contributed by atoms with E-state index in [1.807, 2.05) is 21.1 Å². The third-order valence-corrected chi connectivity index (χ3v) is 10.1. The average Bonchev–Trinajstić information content (AvgIpc) is 3.19. The van der Waals surface area contributed by atoms with Crippen LogP contribution in [-0.2, 0) is 27.9 Å². The number of carbonyl (C=O) groups is 1. The minimum absolute atomic E-state index is 0.0135. The molecule has 0 aromatic carbocycles. The van der Waals surface area contributed by atoms with Gasteiger partial charge in [0.25, 0.3) is 7.82 Å². The molecule has 0 spiro atoms. The lowest BCUT2D eigenvalue weighted by Gasteiger charge is -2.28. The van der Waals surface area contributed by atoms with Crippen molar-refractivity contribution >= 4 is 13.8 Å². The highest BCUT2D eigenvalue weighted by atomic mass is 31.2. The van der Waals surface area contributed by atoms with Crippen molar-refractivity contribution < 1.29 is 37.3 Å². The second-order valence-electron chi connectivity index (χ2n) is 16.0. The fourth-order valence-electron chi connectivity index (χ4n) is 5.56. The second kappa shape index (κ2) is 42.1. The van der Waals surface area contributed by atoms with Crippen molar-refractivity contribution in [2.75, 3.05) is 54.1 Å². The lowest BCUT2D eigenvalue weighted by Crippen LogP contribution is -2.37. The summed E-state index contributed by atoms with van der Waals surface area (Å²) in [6.07, 6.45) is 57.2. The van der Waals surface area contributed by atoms with Gasteiger partial charge in [0.1, 0.15) is 19.3 Å². The van der Waals surface area contributed by atoms with Crippen molar-refractivity contribution in [1.29, 1.82) is 0 Å². The maximum Gasteiger partial charge on any atom is 0.306 e. The van der Waals surface area contributed by atoms with Crippen LogP contribution in [0.25, 0.3) is 0 Å². The van der Waals surface area contributed by atoms with E-state index in [1.165, 1.54) is 19.3 Å². The Kier molecular flexibility index (Phi) is 40.3. The molecule has 0 fully saturated rings. The number of phosphoric acid groups is 1. The number of hydrogen-bond donors (Lipinski definition) is 0. The Morgan fingerprint density at radius 2 is 0.983 bits per heavy atom. The molecule has 0 rings (SSSR count). The van der Waals surface area contributed by atoms with Crippen molar-refractivity contribution in [3.05, 3.63) is 97.2 Å². The van der Waals surface area contributed by atoms with Crippen LogP contribution in [-0.4, -0.2) is 70.7 Å². The Bertz CT molecular complexity index is 1260. The number of rotatable bonds is 41. The number of hydrogen-bond acceptors (Lipinski definition) is 7. The molecule has 9 heteroatoms. The van der Waals surface area contributed by atoms with Crippen molar-refractivity contribution in [3.63, 3.8) is 0 Å². The van der Waals surface area contributed by atoms with Gasteiger partial charge in [0.15, 0.2) is 0 Å². The number of allylic oxidation sites excluding steroid dienone is 16. The Morgan fingerprint density at radius 3 is 1.49 bits per heavy atom. The summed E-state index contributed by atoms with van der Waals surface area (Å²) in [5.74, 6) is -0.360. The van der Waals surface area contributed by atoms with E-state index in [9.17, 15) is 14.3 Å². The van der Waals surface area contributed by atoms with Crippen molar-refractivity contribution in [3.8, 4) is 0 Å². The fourth-order valence-corrected chi connectivity index (χ4v) is 6.29. The van der Waals surface area contributed by atoms with Crippen LogP contribution in [0.2, 0.25) is 0 Å². The van der Waals surface area contributed by atoms with Gasteiger partial charge < -0.3 is 27.9 Å². The molecule has 338 valence electrons. The summed E-state index contributed by atoms with van der Waals surface area (Å²) in [5, 5.41) is 0. The van der Waals surface area contributed by atoms with E-state index in [4.69, 9.17) is 18.5 Å². The van der Waals surface area contributed by atoms with Crippen LogP contribution < -0.4 is 4.89 Å². The number of unbranched alkanes of at least 4 members (excludes halogenated alkanes) is 11. The molecule has 0 aliphatic carbocycles. The van der Waals surface area contributed by atoms with Gasteiger partial charge in [-0.15, -0.1) is 0 Å². The highest BCUT2D eigenvalue weighted by molar-refractivity contribution is 7.45. The second-order valence-corrected chi connectivity index (χ2v) is 17.4. The van der Waals surface area contributed by atoms with Gasteiger partial charge in [-0.1, -0.05) is 156 Å². The molecule has 0 aliphatic rings. The quantitative estimate of drug-likeness (QED) is 0.0199. The van der Waals surface area contributed by atoms with E-state index < -0.39 is 13.9 Å². The van der Waals surface area contributed by atoms with Crippen LogP contribution in [0.5, 0.6) is 0 Å². The first-order valence-electron chi connectivity index (χ1n) is 23.0. The molecule has 0 aliphatic heterocycles. The number of esters is 1. The summed E-state index contributed by atoms with van der Waals surface area (Å²) < 4.78 is 34.5. The van der Waals surface area contributed by atoms with Gasteiger partial charge in [0, 0.05) is 13.0 Å². The minimum Gasteiger partial charge on any atom is -0.756 e. The lowest BCUT2D eigenvalue weighted by molar-refractivity contribution is -0.870. The molecule has 0 aromatic heterocycles. The summed E-state index contributed by atoms with van der Waals surface area (Å²) in [4.78, 5) is 25.0. The van der Waals surface area contributed by atoms with Crippen LogP contribution in [0.3, 0.4) is 0 Å². The first-order chi connectivity index (χ1) is 28.6. The third-order valence-electron chi connectivity index (χ3n) is 9.12. The molecule has 59 heavy (non-hydrogen) atoms. The molecule has 0 radical (unpaired) electrons. The van der Waals surface area contributed by atoms with Gasteiger partial charge in [0.2, 0.25) is 0 Å². The summed E-state index contributed by atoms with van der Waals surface area (Å²) in [6.45, 7) is 5.15. The summed E-state index contributed by atoms with van der Waals surface area (Å²) in [7, 11) is 1.31. The van der Waals surface area contributed by atoms with Gasteiger partial charge in [-0.05, 0) is 89.9 Å². The number of likely N-dealkylation sites (N-methyl/N-ethyl adjacent to an activating group) is 1. The number of carbonyl (C=O) groups excluding carboxylic acids is 1. The van der Waals surface area contributed by atoms with E-state index in [2.05, 4.69) is 111 Å². The Morgan fingerprint density at radius 1 is 0.542 bits per heavy atom. The zero-order valence-corrected chi connectivity index (χ0v) is 39.1. The van der Waals surface area contributed by atoms with Gasteiger partial charge in [-0.3, -0.25) is 9.36 Å². The first-order valence-corrected chi connectivity index (χ1v) is 24.4. The number of phosphoric ester groups is 1. The molecular formula is C50H86NO7P. The van der Waals surface area contributed by atoms with Crippen LogP contribution >= 0.6 is 7.82 Å². The zero-order chi connectivity index (χ0) is 43.4. The summed E-state index contributed by atoms with van der Waals surface area (Å²) >= 11 is 0. The molecule has 0 bridgehead atoms. The van der Waals surface area contributed by atoms with E-state index in [0.29, 0.717) is 17.6 Å². The predicted octanol–water partition coefficient (Wildman–Crippen LogP) is 13.2. The number of nitrogens with zero attached hydrogens (tertiary/aromatic N) is 1. The largest absolute Gasteiger partial charge is 0.756 e. The van der Waals surface area contributed by atoms with Gasteiger partial charge in [-0.25, -0.2) is 0 Å². The molecule has 8 nitrogen and oxygen atoms in total. The van der Waals surface area contributed by atoms with Crippen LogP contribution in [0, 0.1) is 0 Å². The SMILES string of the molecule is CC/C=C\C/C=C\C/C=C\C/C=C\C/C=C\C/C=C\C/C=C\CCCCCCOCC(COP(=O)([O-])OCC[N+](C)(C)C)OC(=O)CCCCCCC/C=C\CCCC. The molecule has 0 aromatic rings. The summed E-state index contributed by atoms with van der Waals surface area (Å²) in [5.41, 5.74) is 0. The maximum atomic E-state index is 12.6. The molecule has 2 unspecified atom stereocenters. The predicted molar refractivity (Wildman–Crippen MR) is 249 cm³/mol. The minimum atomic E-state index is -4.54. The smallest absolute Gasteiger partial charge is 0.306 e. The fraction of sp³-hybridized carbons (Fsp3) is 0.660. The molecule has 2 atom stereocenters. The monoisotopic (exact) mass is 844 g/mol. The molecule has 0 amide bonds. The van der Waals surface area contributed by atoms with Crippen LogP contribution in [0.15, 0.2) is 97.2 Å². The molecule has 0 N–H and O–H groups in total. The number of ether oxygens (including phenoxy) is 2. The highest BCUT2D eigenvalue weighted by Crippen LogP contribution is 2.38. The Balaban J connectivity index is 4.23. The first kappa shape index (κ1) is 56.4. The van der Waals surface area contributed by atoms with Crippen molar-refractivity contribution in [1.82, 2.24) is 0 Å². The molecule has 0 saturated carbocycles. The van der Waals surface area contributed by atoms with E-state index in [1.54, 1.807) is 0 Å². The highest BCUT2D eigenvalue weighted by Gasteiger charge is 2.20. The topological polar surface area (TPSA) is 94.1 Å². The van der Waals surface area contributed by atoms with E-state index >= 15 is 0 Å². The van der Waals surface area contributed by atoms with Crippen molar-refractivity contribution in [2.24, 2.45) is 0 Å². The Labute approximate surface area is 362 Å². The maximum absolute atomic E-state index is 12.6. The lowest BCUT2D eigenvalue weighted by atomic mass is 10.1.